The van der Waals surface area contributed by atoms with E-state index in [1.165, 1.54) is 5.56 Å². The van der Waals surface area contributed by atoms with E-state index in [2.05, 4.69) is 35.5 Å². The summed E-state index contributed by atoms with van der Waals surface area (Å²) in [5, 5.41) is 8.12. The van der Waals surface area contributed by atoms with E-state index in [1.54, 1.807) is 4.68 Å². The number of hydrogen-bond donors (Lipinski definition) is 1. The molecule has 0 aliphatic carbocycles. The summed E-state index contributed by atoms with van der Waals surface area (Å²) in [5.74, 6) is 0.763. The Labute approximate surface area is 145 Å². The number of anilines is 1. The number of nitrogens with zero attached hydrogens (tertiary/aromatic N) is 2. The van der Waals surface area contributed by atoms with Crippen LogP contribution in [0.15, 0.2) is 54.7 Å². The fourth-order valence-electron chi connectivity index (χ4n) is 3.18. The zero-order chi connectivity index (χ0) is 16.7. The minimum Gasteiger partial charge on any atom is -0.310 e. The van der Waals surface area contributed by atoms with Gasteiger partial charge in [-0.15, -0.1) is 0 Å². The first-order valence-corrected chi connectivity index (χ1v) is 8.20. The molecule has 24 heavy (non-hydrogen) atoms. The van der Waals surface area contributed by atoms with Gasteiger partial charge < -0.3 is 5.32 Å². The van der Waals surface area contributed by atoms with Crippen molar-refractivity contribution in [3.05, 3.63) is 76.4 Å². The van der Waals surface area contributed by atoms with Crippen LogP contribution < -0.4 is 5.32 Å². The largest absolute Gasteiger partial charge is 0.310 e. The van der Waals surface area contributed by atoms with Gasteiger partial charge in [-0.25, -0.2) is 4.68 Å². The van der Waals surface area contributed by atoms with E-state index in [9.17, 15) is 4.79 Å². The number of halogens is 1. The van der Waals surface area contributed by atoms with Crippen LogP contribution in [0.5, 0.6) is 0 Å². The summed E-state index contributed by atoms with van der Waals surface area (Å²) in [7, 11) is 0. The summed E-state index contributed by atoms with van der Waals surface area (Å²) < 4.78 is 1.76. The van der Waals surface area contributed by atoms with Crippen molar-refractivity contribution < 1.29 is 4.79 Å². The molecule has 0 spiro atoms. The molecule has 4 nitrogen and oxygen atoms in total. The zero-order valence-electron chi connectivity index (χ0n) is 13.2. The maximum Gasteiger partial charge on any atom is 0.226 e. The quantitative estimate of drug-likeness (QED) is 0.757. The average molecular weight is 338 g/mol. The normalized spacial score (nSPS) is 16.6. The molecule has 3 aromatic rings. The van der Waals surface area contributed by atoms with E-state index in [-0.39, 0.29) is 11.8 Å². The zero-order valence-corrected chi connectivity index (χ0v) is 13.9. The molecule has 120 valence electrons. The number of aryl methyl sites for hydroxylation is 1. The number of amides is 1. The molecule has 2 heterocycles. The van der Waals surface area contributed by atoms with Crippen molar-refractivity contribution >= 4 is 23.3 Å². The fourth-order valence-corrected chi connectivity index (χ4v) is 3.31. The van der Waals surface area contributed by atoms with Gasteiger partial charge in [-0.2, -0.15) is 5.10 Å². The number of rotatable bonds is 2. The van der Waals surface area contributed by atoms with Crippen LogP contribution in [0.4, 0.5) is 5.82 Å². The molecular weight excluding hydrogens is 322 g/mol. The number of carbonyl (C=O) groups is 1. The molecule has 0 saturated carbocycles. The Balaban J connectivity index is 1.81. The topological polar surface area (TPSA) is 46.9 Å². The lowest BCUT2D eigenvalue weighted by Gasteiger charge is -2.24. The molecule has 1 aliphatic heterocycles. The van der Waals surface area contributed by atoms with Crippen molar-refractivity contribution in [1.29, 1.82) is 0 Å². The highest BCUT2D eigenvalue weighted by Crippen LogP contribution is 2.38. The molecule has 5 heteroatoms. The predicted molar refractivity (Wildman–Crippen MR) is 94.8 cm³/mol. The highest BCUT2D eigenvalue weighted by Gasteiger charge is 2.30. The summed E-state index contributed by atoms with van der Waals surface area (Å²) in [4.78, 5) is 12.3. The summed E-state index contributed by atoms with van der Waals surface area (Å²) in [6.07, 6.45) is 2.28. The Morgan fingerprint density at radius 3 is 2.75 bits per heavy atom. The molecule has 1 N–H and O–H groups in total. The van der Waals surface area contributed by atoms with E-state index >= 15 is 0 Å². The first-order chi connectivity index (χ1) is 11.6. The second-order valence-corrected chi connectivity index (χ2v) is 6.49. The number of fused-ring (bicyclic) bond motifs is 1. The SMILES string of the molecule is Cc1cccc(C2CC(=O)Nc3c2cnn3-c2ccc(Cl)cc2)c1. The second kappa shape index (κ2) is 5.80. The molecule has 0 fully saturated rings. The highest BCUT2D eigenvalue weighted by molar-refractivity contribution is 6.30. The molecule has 0 bridgehead atoms. The fraction of sp³-hybridized carbons (Fsp3) is 0.158. The lowest BCUT2D eigenvalue weighted by atomic mass is 9.87. The molecule has 2 aromatic carbocycles. The van der Waals surface area contributed by atoms with Crippen molar-refractivity contribution in [2.24, 2.45) is 0 Å². The van der Waals surface area contributed by atoms with Crippen molar-refractivity contribution in [1.82, 2.24) is 9.78 Å². The summed E-state index contributed by atoms with van der Waals surface area (Å²) in [6.45, 7) is 2.06. The van der Waals surface area contributed by atoms with Crippen molar-refractivity contribution in [2.45, 2.75) is 19.3 Å². The number of nitrogens with one attached hydrogen (secondary N) is 1. The van der Waals surface area contributed by atoms with E-state index in [0.29, 0.717) is 11.4 Å². The monoisotopic (exact) mass is 337 g/mol. The Bertz CT molecular complexity index is 915. The Morgan fingerprint density at radius 1 is 1.21 bits per heavy atom. The van der Waals surface area contributed by atoms with Crippen LogP contribution in [0, 0.1) is 6.92 Å². The molecular formula is C19H16ClN3O. The second-order valence-electron chi connectivity index (χ2n) is 6.06. The van der Waals surface area contributed by atoms with Gasteiger partial charge in [0.25, 0.3) is 0 Å². The van der Waals surface area contributed by atoms with Crippen molar-refractivity contribution in [2.75, 3.05) is 5.32 Å². The van der Waals surface area contributed by atoms with Gasteiger partial charge in [0, 0.05) is 22.9 Å². The van der Waals surface area contributed by atoms with Gasteiger partial charge in [0.2, 0.25) is 5.91 Å². The third-order valence-electron chi connectivity index (χ3n) is 4.34. The predicted octanol–water partition coefficient (Wildman–Crippen LogP) is 4.31. The molecule has 4 rings (SSSR count). The highest BCUT2D eigenvalue weighted by atomic mass is 35.5. The number of hydrogen-bond acceptors (Lipinski definition) is 2. The molecule has 0 radical (unpaired) electrons. The Morgan fingerprint density at radius 2 is 2.00 bits per heavy atom. The van der Waals surface area contributed by atoms with Crippen LogP contribution in [0.1, 0.15) is 29.0 Å². The van der Waals surface area contributed by atoms with Crippen LogP contribution in [-0.2, 0) is 4.79 Å². The maximum atomic E-state index is 12.3. The summed E-state index contributed by atoms with van der Waals surface area (Å²) >= 11 is 5.96. The van der Waals surface area contributed by atoms with Crippen LogP contribution in [0.2, 0.25) is 5.02 Å². The molecule has 1 aromatic heterocycles. The van der Waals surface area contributed by atoms with Gasteiger partial charge in [-0.1, -0.05) is 41.4 Å². The van der Waals surface area contributed by atoms with E-state index in [4.69, 9.17) is 11.6 Å². The third kappa shape index (κ3) is 2.59. The van der Waals surface area contributed by atoms with Crippen molar-refractivity contribution in [3.63, 3.8) is 0 Å². The Hall–Kier alpha value is -2.59. The van der Waals surface area contributed by atoms with Gasteiger partial charge in [0.05, 0.1) is 11.9 Å². The van der Waals surface area contributed by atoms with Gasteiger partial charge >= 0.3 is 0 Å². The minimum atomic E-state index is 0.00437. The average Bonchev–Trinajstić information content (AvgIpc) is 2.98. The van der Waals surface area contributed by atoms with Gasteiger partial charge in [-0.3, -0.25) is 4.79 Å². The molecule has 1 unspecified atom stereocenters. The number of carbonyl (C=O) groups excluding carboxylic acids is 1. The third-order valence-corrected chi connectivity index (χ3v) is 4.59. The lowest BCUT2D eigenvalue weighted by Crippen LogP contribution is -2.24. The standard InChI is InChI=1S/C19H16ClN3O/c1-12-3-2-4-13(9-12)16-10-18(24)22-19-17(16)11-21-23(19)15-7-5-14(20)6-8-15/h2-9,11,16H,10H2,1H3,(H,22,24). The number of benzene rings is 2. The minimum absolute atomic E-state index is 0.00437. The smallest absolute Gasteiger partial charge is 0.226 e. The Kier molecular flexibility index (Phi) is 3.62. The molecule has 1 aliphatic rings. The first-order valence-electron chi connectivity index (χ1n) is 7.82. The first kappa shape index (κ1) is 15.0. The van der Waals surface area contributed by atoms with Gasteiger partial charge in [0.15, 0.2) is 0 Å². The van der Waals surface area contributed by atoms with Crippen LogP contribution in [0.25, 0.3) is 5.69 Å². The van der Waals surface area contributed by atoms with E-state index in [1.807, 2.05) is 36.5 Å². The van der Waals surface area contributed by atoms with Crippen LogP contribution in [0.3, 0.4) is 0 Å². The number of aromatic nitrogens is 2. The molecule has 0 saturated heterocycles. The summed E-state index contributed by atoms with van der Waals surface area (Å²) in [6, 6.07) is 15.7. The van der Waals surface area contributed by atoms with Crippen molar-refractivity contribution in [3.8, 4) is 5.69 Å². The van der Waals surface area contributed by atoms with Crippen LogP contribution in [-0.4, -0.2) is 15.7 Å². The maximum absolute atomic E-state index is 12.3. The molecule has 1 atom stereocenters. The molecule has 1 amide bonds. The van der Waals surface area contributed by atoms with Gasteiger partial charge in [0.1, 0.15) is 5.82 Å². The summed E-state index contributed by atoms with van der Waals surface area (Å²) in [5.41, 5.74) is 4.23. The lowest BCUT2D eigenvalue weighted by molar-refractivity contribution is -0.116. The van der Waals surface area contributed by atoms with E-state index in [0.717, 1.165) is 22.6 Å². The van der Waals surface area contributed by atoms with Gasteiger partial charge in [-0.05, 0) is 36.8 Å². The van der Waals surface area contributed by atoms with E-state index < -0.39 is 0 Å². The van der Waals surface area contributed by atoms with Crippen LogP contribution >= 0.6 is 11.6 Å².